The summed E-state index contributed by atoms with van der Waals surface area (Å²) in [6, 6.07) is 0. The molecular weight excluding hydrogens is 188 g/mol. The Bertz CT molecular complexity index is 346. The number of hydrogen-bond acceptors (Lipinski definition) is 2. The van der Waals surface area contributed by atoms with Crippen LogP contribution in [0.15, 0.2) is 0 Å². The van der Waals surface area contributed by atoms with Gasteiger partial charge in [0.05, 0.1) is 0 Å². The van der Waals surface area contributed by atoms with Crippen LogP contribution in [-0.4, -0.2) is 11.6 Å². The number of Topliss-reactive ketones (excluding diaryl/α,β-unsaturated/α-hetero) is 2. The number of rotatable bonds is 0. The molecule has 0 aromatic carbocycles. The molecule has 82 valence electrons. The Kier molecular flexibility index (Phi) is 1.73. The Balaban J connectivity index is 2.09. The van der Waals surface area contributed by atoms with Crippen LogP contribution in [0.5, 0.6) is 0 Å². The average Bonchev–Trinajstić information content (AvgIpc) is 2.70. The molecule has 15 heavy (non-hydrogen) atoms. The van der Waals surface area contributed by atoms with Crippen LogP contribution in [0.4, 0.5) is 0 Å². The van der Waals surface area contributed by atoms with E-state index in [0.717, 1.165) is 12.8 Å². The fraction of sp³-hybridized carbons (Fsp3) is 0.846. The summed E-state index contributed by atoms with van der Waals surface area (Å²) in [4.78, 5) is 24.1. The van der Waals surface area contributed by atoms with Gasteiger partial charge in [0, 0.05) is 23.7 Å². The SMILES string of the molecule is CC1C(=O)CCC2(C)C(=O)C3CCC2C13. The summed E-state index contributed by atoms with van der Waals surface area (Å²) in [5.74, 6) is 2.13. The van der Waals surface area contributed by atoms with Gasteiger partial charge in [-0.05, 0) is 31.1 Å². The molecule has 0 aromatic heterocycles. The van der Waals surface area contributed by atoms with Crippen molar-refractivity contribution in [3.63, 3.8) is 0 Å². The highest BCUT2D eigenvalue weighted by Gasteiger charge is 2.63. The maximum absolute atomic E-state index is 12.3. The quantitative estimate of drug-likeness (QED) is 0.609. The van der Waals surface area contributed by atoms with Crippen molar-refractivity contribution in [2.45, 2.75) is 39.5 Å². The van der Waals surface area contributed by atoms with Crippen LogP contribution < -0.4 is 0 Å². The highest BCUT2D eigenvalue weighted by Crippen LogP contribution is 2.62. The molecule has 5 atom stereocenters. The zero-order chi connectivity index (χ0) is 10.8. The molecule has 0 aromatic rings. The Hall–Kier alpha value is -0.660. The molecule has 0 radical (unpaired) electrons. The Morgan fingerprint density at radius 2 is 2.00 bits per heavy atom. The zero-order valence-electron chi connectivity index (χ0n) is 9.45. The second-order valence-electron chi connectivity index (χ2n) is 5.90. The van der Waals surface area contributed by atoms with Gasteiger partial charge in [-0.15, -0.1) is 0 Å². The lowest BCUT2D eigenvalue weighted by Crippen LogP contribution is -2.34. The molecule has 3 aliphatic carbocycles. The lowest BCUT2D eigenvalue weighted by molar-refractivity contribution is -0.133. The molecular formula is C13H18O2. The molecule has 0 heterocycles. The van der Waals surface area contributed by atoms with Crippen LogP contribution in [-0.2, 0) is 9.59 Å². The number of ketones is 2. The summed E-state index contributed by atoms with van der Waals surface area (Å²) in [5, 5.41) is 0. The normalized spacial score (nSPS) is 53.5. The van der Waals surface area contributed by atoms with Gasteiger partial charge in [-0.25, -0.2) is 0 Å². The van der Waals surface area contributed by atoms with Crippen molar-refractivity contribution < 1.29 is 9.59 Å². The van der Waals surface area contributed by atoms with Gasteiger partial charge in [-0.3, -0.25) is 9.59 Å². The summed E-state index contributed by atoms with van der Waals surface area (Å²) < 4.78 is 0. The monoisotopic (exact) mass is 206 g/mol. The van der Waals surface area contributed by atoms with Crippen molar-refractivity contribution >= 4 is 11.6 Å². The van der Waals surface area contributed by atoms with Crippen molar-refractivity contribution in [3.8, 4) is 0 Å². The van der Waals surface area contributed by atoms with Gasteiger partial charge in [-0.2, -0.15) is 0 Å². The summed E-state index contributed by atoms with van der Waals surface area (Å²) >= 11 is 0. The molecule has 5 unspecified atom stereocenters. The Morgan fingerprint density at radius 1 is 1.27 bits per heavy atom. The van der Waals surface area contributed by atoms with Crippen molar-refractivity contribution in [2.24, 2.45) is 29.1 Å². The second kappa shape index (κ2) is 2.72. The topological polar surface area (TPSA) is 34.1 Å². The van der Waals surface area contributed by atoms with Crippen LogP contribution >= 0.6 is 0 Å². The van der Waals surface area contributed by atoms with E-state index in [1.54, 1.807) is 0 Å². The van der Waals surface area contributed by atoms with E-state index in [4.69, 9.17) is 0 Å². The van der Waals surface area contributed by atoms with E-state index >= 15 is 0 Å². The van der Waals surface area contributed by atoms with Gasteiger partial charge in [0.2, 0.25) is 0 Å². The maximum atomic E-state index is 12.3. The van der Waals surface area contributed by atoms with E-state index in [2.05, 4.69) is 6.92 Å². The number of carbonyl (C=O) groups is 2. The molecule has 3 rings (SSSR count). The molecule has 0 saturated heterocycles. The first-order valence-electron chi connectivity index (χ1n) is 6.13. The average molecular weight is 206 g/mol. The van der Waals surface area contributed by atoms with Crippen molar-refractivity contribution in [1.82, 2.24) is 0 Å². The van der Waals surface area contributed by atoms with Crippen LogP contribution in [0.25, 0.3) is 0 Å². The van der Waals surface area contributed by atoms with Crippen LogP contribution in [0, 0.1) is 29.1 Å². The van der Waals surface area contributed by atoms with Gasteiger partial charge in [0.15, 0.2) is 0 Å². The van der Waals surface area contributed by atoms with E-state index < -0.39 is 0 Å². The lowest BCUT2D eigenvalue weighted by Gasteiger charge is -2.31. The largest absolute Gasteiger partial charge is 0.299 e. The molecule has 2 nitrogen and oxygen atoms in total. The molecule has 3 saturated carbocycles. The first kappa shape index (κ1) is 9.56. The van der Waals surface area contributed by atoms with Gasteiger partial charge in [0.25, 0.3) is 0 Å². The van der Waals surface area contributed by atoms with E-state index in [-0.39, 0.29) is 17.3 Å². The van der Waals surface area contributed by atoms with Crippen molar-refractivity contribution in [1.29, 1.82) is 0 Å². The molecule has 3 aliphatic rings. The summed E-state index contributed by atoms with van der Waals surface area (Å²) in [7, 11) is 0. The Morgan fingerprint density at radius 3 is 2.73 bits per heavy atom. The van der Waals surface area contributed by atoms with Crippen LogP contribution in [0.3, 0.4) is 0 Å². The third-order valence-electron chi connectivity index (χ3n) is 5.41. The third kappa shape index (κ3) is 0.957. The maximum Gasteiger partial charge on any atom is 0.142 e. The van der Waals surface area contributed by atoms with Gasteiger partial charge in [0.1, 0.15) is 11.6 Å². The molecule has 0 spiro atoms. The Labute approximate surface area is 90.4 Å². The lowest BCUT2D eigenvalue weighted by atomic mass is 9.71. The van der Waals surface area contributed by atoms with Gasteiger partial charge in [-0.1, -0.05) is 13.8 Å². The summed E-state index contributed by atoms with van der Waals surface area (Å²) in [6.07, 6.45) is 3.66. The smallest absolute Gasteiger partial charge is 0.142 e. The second-order valence-corrected chi connectivity index (χ2v) is 5.90. The minimum absolute atomic E-state index is 0.135. The minimum atomic E-state index is -0.145. The first-order chi connectivity index (χ1) is 7.05. The van der Waals surface area contributed by atoms with Crippen molar-refractivity contribution in [2.75, 3.05) is 0 Å². The predicted molar refractivity (Wildman–Crippen MR) is 56.2 cm³/mol. The van der Waals surface area contributed by atoms with Crippen LogP contribution in [0.1, 0.15) is 39.5 Å². The highest BCUT2D eigenvalue weighted by molar-refractivity contribution is 5.94. The number of hydrogen-bond donors (Lipinski definition) is 0. The molecule has 0 N–H and O–H groups in total. The minimum Gasteiger partial charge on any atom is -0.299 e. The zero-order valence-corrected chi connectivity index (χ0v) is 9.45. The van der Waals surface area contributed by atoms with E-state index in [9.17, 15) is 9.59 Å². The van der Waals surface area contributed by atoms with E-state index in [1.165, 1.54) is 6.42 Å². The summed E-state index contributed by atoms with van der Waals surface area (Å²) in [5.41, 5.74) is -0.145. The molecule has 0 aliphatic heterocycles. The third-order valence-corrected chi connectivity index (χ3v) is 5.41. The van der Waals surface area contributed by atoms with Crippen molar-refractivity contribution in [3.05, 3.63) is 0 Å². The van der Waals surface area contributed by atoms with Gasteiger partial charge >= 0.3 is 0 Å². The van der Waals surface area contributed by atoms with Gasteiger partial charge < -0.3 is 0 Å². The summed E-state index contributed by atoms with van der Waals surface area (Å²) in [6.45, 7) is 4.15. The highest BCUT2D eigenvalue weighted by atomic mass is 16.1. The molecule has 2 heteroatoms. The standard InChI is InChI=1S/C13H18O2/c1-7-10(14)5-6-13(2)9-4-3-8(11(7)9)12(13)15/h7-9,11H,3-6H2,1-2H3. The predicted octanol–water partition coefficient (Wildman–Crippen LogP) is 2.22. The molecule has 0 amide bonds. The number of carbonyl (C=O) groups excluding carboxylic acids is 2. The molecule has 3 fully saturated rings. The van der Waals surface area contributed by atoms with Crippen LogP contribution in [0.2, 0.25) is 0 Å². The fourth-order valence-electron chi connectivity index (χ4n) is 4.51. The van der Waals surface area contributed by atoms with E-state index in [0.29, 0.717) is 29.8 Å². The first-order valence-corrected chi connectivity index (χ1v) is 6.13. The molecule has 4 bridgehead atoms. The fourth-order valence-corrected chi connectivity index (χ4v) is 4.51. The van der Waals surface area contributed by atoms with E-state index in [1.807, 2.05) is 6.92 Å².